The van der Waals surface area contributed by atoms with Gasteiger partial charge in [0.2, 0.25) is 0 Å². The van der Waals surface area contributed by atoms with Crippen molar-refractivity contribution in [2.45, 2.75) is 13.0 Å². The SMILES string of the molecule is COc1ccc(CNCCc2ncc[nH]2)cc1Br. The van der Waals surface area contributed by atoms with Gasteiger partial charge in [-0.2, -0.15) is 0 Å². The van der Waals surface area contributed by atoms with Gasteiger partial charge in [-0.3, -0.25) is 0 Å². The van der Waals surface area contributed by atoms with Crippen LogP contribution in [0.4, 0.5) is 0 Å². The van der Waals surface area contributed by atoms with Crippen LogP contribution in [0.2, 0.25) is 0 Å². The minimum atomic E-state index is 0.837. The second-order valence-electron chi connectivity index (χ2n) is 3.93. The number of rotatable bonds is 6. The van der Waals surface area contributed by atoms with E-state index in [-0.39, 0.29) is 0 Å². The molecule has 2 aromatic rings. The van der Waals surface area contributed by atoms with Crippen LogP contribution in [-0.2, 0) is 13.0 Å². The monoisotopic (exact) mass is 309 g/mol. The summed E-state index contributed by atoms with van der Waals surface area (Å²) in [6.07, 6.45) is 4.52. The van der Waals surface area contributed by atoms with E-state index < -0.39 is 0 Å². The summed E-state index contributed by atoms with van der Waals surface area (Å²) >= 11 is 3.48. The fourth-order valence-corrected chi connectivity index (χ4v) is 2.28. The van der Waals surface area contributed by atoms with Crippen molar-refractivity contribution >= 4 is 15.9 Å². The molecule has 0 aliphatic carbocycles. The van der Waals surface area contributed by atoms with Gasteiger partial charge in [-0.25, -0.2) is 4.98 Å². The van der Waals surface area contributed by atoms with Gasteiger partial charge in [0.25, 0.3) is 0 Å². The smallest absolute Gasteiger partial charge is 0.133 e. The highest BCUT2D eigenvalue weighted by Gasteiger charge is 2.01. The predicted molar refractivity (Wildman–Crippen MR) is 74.7 cm³/mol. The third-order valence-electron chi connectivity index (χ3n) is 2.64. The number of hydrogen-bond acceptors (Lipinski definition) is 3. The molecule has 0 aliphatic rings. The van der Waals surface area contributed by atoms with E-state index in [9.17, 15) is 0 Å². The molecule has 1 aromatic carbocycles. The minimum absolute atomic E-state index is 0.837. The maximum absolute atomic E-state index is 5.19. The van der Waals surface area contributed by atoms with Crippen LogP contribution >= 0.6 is 15.9 Å². The van der Waals surface area contributed by atoms with Crippen molar-refractivity contribution in [2.75, 3.05) is 13.7 Å². The van der Waals surface area contributed by atoms with Crippen molar-refractivity contribution in [1.29, 1.82) is 0 Å². The zero-order chi connectivity index (χ0) is 12.8. The predicted octanol–water partition coefficient (Wildman–Crippen LogP) is 2.51. The van der Waals surface area contributed by atoms with Crippen molar-refractivity contribution in [3.8, 4) is 5.75 Å². The van der Waals surface area contributed by atoms with Gasteiger partial charge in [-0.15, -0.1) is 0 Å². The summed E-state index contributed by atoms with van der Waals surface area (Å²) in [4.78, 5) is 7.26. The largest absolute Gasteiger partial charge is 0.496 e. The first-order valence-electron chi connectivity index (χ1n) is 5.81. The van der Waals surface area contributed by atoms with Gasteiger partial charge < -0.3 is 15.0 Å². The van der Waals surface area contributed by atoms with E-state index in [2.05, 4.69) is 43.3 Å². The Morgan fingerprint density at radius 1 is 1.44 bits per heavy atom. The van der Waals surface area contributed by atoms with E-state index in [1.54, 1.807) is 13.3 Å². The minimum Gasteiger partial charge on any atom is -0.496 e. The topological polar surface area (TPSA) is 49.9 Å². The van der Waals surface area contributed by atoms with Gasteiger partial charge >= 0.3 is 0 Å². The number of aromatic amines is 1. The molecule has 0 fully saturated rings. The molecule has 18 heavy (non-hydrogen) atoms. The summed E-state index contributed by atoms with van der Waals surface area (Å²) in [5.74, 6) is 1.87. The van der Waals surface area contributed by atoms with E-state index in [0.717, 1.165) is 35.6 Å². The first kappa shape index (κ1) is 13.1. The summed E-state index contributed by atoms with van der Waals surface area (Å²) in [5, 5.41) is 3.38. The number of methoxy groups -OCH3 is 1. The van der Waals surface area contributed by atoms with Crippen LogP contribution in [0, 0.1) is 0 Å². The van der Waals surface area contributed by atoms with Crippen LogP contribution < -0.4 is 10.1 Å². The Morgan fingerprint density at radius 3 is 3.00 bits per heavy atom. The third kappa shape index (κ3) is 3.58. The summed E-state index contributed by atoms with van der Waals surface area (Å²) in [5.41, 5.74) is 1.22. The van der Waals surface area contributed by atoms with E-state index >= 15 is 0 Å². The lowest BCUT2D eigenvalue weighted by molar-refractivity contribution is 0.412. The van der Waals surface area contributed by atoms with E-state index in [4.69, 9.17) is 4.74 Å². The van der Waals surface area contributed by atoms with E-state index in [0.29, 0.717) is 0 Å². The number of halogens is 1. The van der Waals surface area contributed by atoms with Gasteiger partial charge in [0.1, 0.15) is 11.6 Å². The Labute approximate surface area is 115 Å². The van der Waals surface area contributed by atoms with E-state index in [1.165, 1.54) is 5.56 Å². The van der Waals surface area contributed by atoms with Gasteiger partial charge in [-0.05, 0) is 33.6 Å². The molecule has 2 rings (SSSR count). The molecule has 0 atom stereocenters. The average Bonchev–Trinajstić information content (AvgIpc) is 2.88. The van der Waals surface area contributed by atoms with E-state index in [1.807, 2.05) is 12.3 Å². The molecule has 0 aliphatic heterocycles. The Balaban J connectivity index is 1.78. The highest BCUT2D eigenvalue weighted by atomic mass is 79.9. The number of H-pyrrole nitrogens is 1. The number of nitrogens with one attached hydrogen (secondary N) is 2. The molecule has 1 heterocycles. The molecule has 0 bridgehead atoms. The highest BCUT2D eigenvalue weighted by Crippen LogP contribution is 2.25. The lowest BCUT2D eigenvalue weighted by atomic mass is 10.2. The zero-order valence-electron chi connectivity index (χ0n) is 10.2. The van der Waals surface area contributed by atoms with Gasteiger partial charge in [0.15, 0.2) is 0 Å². The molecule has 0 spiro atoms. The molecule has 1 aromatic heterocycles. The first-order chi connectivity index (χ1) is 8.79. The zero-order valence-corrected chi connectivity index (χ0v) is 11.8. The number of hydrogen-bond donors (Lipinski definition) is 2. The molecule has 0 radical (unpaired) electrons. The summed E-state index contributed by atoms with van der Waals surface area (Å²) < 4.78 is 6.18. The summed E-state index contributed by atoms with van der Waals surface area (Å²) in [6, 6.07) is 6.09. The molecule has 4 nitrogen and oxygen atoms in total. The van der Waals surface area contributed by atoms with Crippen LogP contribution in [0.5, 0.6) is 5.75 Å². The summed E-state index contributed by atoms with van der Waals surface area (Å²) in [6.45, 7) is 1.74. The van der Waals surface area contributed by atoms with Crippen LogP contribution in [0.25, 0.3) is 0 Å². The fourth-order valence-electron chi connectivity index (χ4n) is 1.69. The molecule has 0 saturated heterocycles. The lowest BCUT2D eigenvalue weighted by Gasteiger charge is -2.07. The number of imidazole rings is 1. The first-order valence-corrected chi connectivity index (χ1v) is 6.60. The second kappa shape index (κ2) is 6.56. The van der Waals surface area contributed by atoms with Crippen molar-refractivity contribution in [2.24, 2.45) is 0 Å². The van der Waals surface area contributed by atoms with Gasteiger partial charge in [-0.1, -0.05) is 6.07 Å². The number of ether oxygens (including phenoxy) is 1. The van der Waals surface area contributed by atoms with Crippen molar-refractivity contribution < 1.29 is 4.74 Å². The van der Waals surface area contributed by atoms with Gasteiger partial charge in [0, 0.05) is 31.9 Å². The highest BCUT2D eigenvalue weighted by molar-refractivity contribution is 9.10. The normalized spacial score (nSPS) is 10.6. The Hall–Kier alpha value is -1.33. The molecule has 2 N–H and O–H groups in total. The van der Waals surface area contributed by atoms with Crippen LogP contribution in [0.1, 0.15) is 11.4 Å². The number of nitrogens with zero attached hydrogens (tertiary/aromatic N) is 1. The second-order valence-corrected chi connectivity index (χ2v) is 4.79. The quantitative estimate of drug-likeness (QED) is 0.806. The third-order valence-corrected chi connectivity index (χ3v) is 3.26. The Morgan fingerprint density at radius 2 is 2.33 bits per heavy atom. The molecule has 5 heteroatoms. The maximum atomic E-state index is 5.19. The Bertz CT molecular complexity index is 485. The van der Waals surface area contributed by atoms with Crippen LogP contribution in [0.15, 0.2) is 35.1 Å². The standard InChI is InChI=1S/C13H16BrN3O/c1-18-12-3-2-10(8-11(12)14)9-15-5-4-13-16-6-7-17-13/h2-3,6-8,15H,4-5,9H2,1H3,(H,16,17). The van der Waals surface area contributed by atoms with Crippen molar-refractivity contribution in [3.63, 3.8) is 0 Å². The lowest BCUT2D eigenvalue weighted by Crippen LogP contribution is -2.17. The maximum Gasteiger partial charge on any atom is 0.133 e. The summed E-state index contributed by atoms with van der Waals surface area (Å²) in [7, 11) is 1.67. The van der Waals surface area contributed by atoms with Gasteiger partial charge in [0.05, 0.1) is 11.6 Å². The number of benzene rings is 1. The fraction of sp³-hybridized carbons (Fsp3) is 0.308. The molecule has 0 amide bonds. The van der Waals surface area contributed by atoms with Crippen LogP contribution in [0.3, 0.4) is 0 Å². The molecule has 96 valence electrons. The molecule has 0 unspecified atom stereocenters. The number of aromatic nitrogens is 2. The molecule has 0 saturated carbocycles. The molecular weight excluding hydrogens is 294 g/mol. The Kier molecular flexibility index (Phi) is 4.78. The van der Waals surface area contributed by atoms with Crippen molar-refractivity contribution in [3.05, 3.63) is 46.5 Å². The van der Waals surface area contributed by atoms with Crippen LogP contribution in [-0.4, -0.2) is 23.6 Å². The average molecular weight is 310 g/mol. The molecular formula is C13H16BrN3O. The van der Waals surface area contributed by atoms with Crippen molar-refractivity contribution in [1.82, 2.24) is 15.3 Å².